The molecule has 0 radical (unpaired) electrons. The molecule has 0 heterocycles. The van der Waals surface area contributed by atoms with Crippen LogP contribution in [-0.4, -0.2) is 18.6 Å². The van der Waals surface area contributed by atoms with Crippen LogP contribution >= 0.6 is 0 Å². The second-order valence-corrected chi connectivity index (χ2v) is 5.72. The molecule has 2 rings (SSSR count). The molecule has 0 atom stereocenters. The number of aromatic hydroxyl groups is 2. The van der Waals surface area contributed by atoms with Crippen molar-refractivity contribution >= 4 is 22.3 Å². The summed E-state index contributed by atoms with van der Waals surface area (Å²) in [5.41, 5.74) is 1.14. The Labute approximate surface area is 149 Å². The Morgan fingerprint density at radius 3 is 2.09 bits per heavy atom. The zero-order chi connectivity index (χ0) is 15.5. The van der Waals surface area contributed by atoms with Crippen molar-refractivity contribution in [2.45, 2.75) is 4.90 Å². The van der Waals surface area contributed by atoms with E-state index >= 15 is 0 Å². The maximum absolute atomic E-state index is 11.3. The van der Waals surface area contributed by atoms with Gasteiger partial charge < -0.3 is 19.8 Å². The summed E-state index contributed by atoms with van der Waals surface area (Å²) in [6.45, 7) is 0. The first-order valence-corrected chi connectivity index (χ1v) is 7.19. The molecule has 6 nitrogen and oxygen atoms in total. The van der Waals surface area contributed by atoms with Gasteiger partial charge in [-0.15, -0.1) is 0 Å². The standard InChI is InChI=1S/C14H12O6S.Na/c15-12-5-3-10(4-6-12)1-2-11-7-13(16)9-14(8-11)21(18,19)20-17;/h1-9,15-17H;/q;+1/p-1/b2-1+;. The third-order valence-corrected chi connectivity index (χ3v) is 3.65. The maximum Gasteiger partial charge on any atom is 1.00 e. The molecule has 2 aromatic rings. The maximum atomic E-state index is 11.3. The molecule has 0 saturated carbocycles. The Bertz CT molecular complexity index is 768. The van der Waals surface area contributed by atoms with Crippen LogP contribution in [0, 0.1) is 0 Å². The average Bonchev–Trinajstić information content (AvgIpc) is 2.46. The predicted molar refractivity (Wildman–Crippen MR) is 73.4 cm³/mol. The molecule has 0 fully saturated rings. The monoisotopic (exact) mass is 330 g/mol. The van der Waals surface area contributed by atoms with Crippen molar-refractivity contribution in [2.75, 3.05) is 0 Å². The van der Waals surface area contributed by atoms with Gasteiger partial charge in [-0.3, -0.25) is 0 Å². The molecular weight excluding hydrogens is 319 g/mol. The molecule has 0 unspecified atom stereocenters. The van der Waals surface area contributed by atoms with E-state index in [2.05, 4.69) is 4.33 Å². The van der Waals surface area contributed by atoms with Crippen LogP contribution < -0.4 is 34.8 Å². The summed E-state index contributed by atoms with van der Waals surface area (Å²) in [6, 6.07) is 9.78. The fourth-order valence-corrected chi connectivity index (χ4v) is 2.29. The van der Waals surface area contributed by atoms with Crippen molar-refractivity contribution in [3.8, 4) is 11.5 Å². The largest absolute Gasteiger partial charge is 1.00 e. The minimum atomic E-state index is -4.41. The van der Waals surface area contributed by atoms with Gasteiger partial charge in [0.1, 0.15) is 11.5 Å². The SMILES string of the molecule is O=S(=O)(O[O-])c1cc(O)cc(/C=C/c2ccc(O)cc2)c1.[Na+]. The first-order chi connectivity index (χ1) is 9.90. The molecule has 22 heavy (non-hydrogen) atoms. The minimum absolute atomic E-state index is 0. The number of hydrogen-bond donors (Lipinski definition) is 2. The zero-order valence-electron chi connectivity index (χ0n) is 11.6. The molecular formula is C14H11NaO6S. The Kier molecular flexibility index (Phi) is 6.61. The van der Waals surface area contributed by atoms with E-state index in [1.165, 1.54) is 24.3 Å². The second kappa shape index (κ2) is 7.77. The topological polar surface area (TPSA) is 107 Å². The predicted octanol–water partition coefficient (Wildman–Crippen LogP) is -1.75. The first kappa shape index (κ1) is 18.7. The summed E-state index contributed by atoms with van der Waals surface area (Å²) in [7, 11) is -4.41. The van der Waals surface area contributed by atoms with Gasteiger partial charge in [0.25, 0.3) is 10.1 Å². The third kappa shape index (κ3) is 4.84. The van der Waals surface area contributed by atoms with Gasteiger partial charge in [0.05, 0.1) is 4.90 Å². The van der Waals surface area contributed by atoms with Crippen molar-refractivity contribution < 1.29 is 57.8 Å². The normalized spacial score (nSPS) is 11.3. The summed E-state index contributed by atoms with van der Waals surface area (Å²) in [4.78, 5) is -0.428. The third-order valence-electron chi connectivity index (χ3n) is 2.65. The average molecular weight is 330 g/mol. The van der Waals surface area contributed by atoms with Crippen LogP contribution in [0.4, 0.5) is 0 Å². The van der Waals surface area contributed by atoms with Crippen molar-refractivity contribution in [1.29, 1.82) is 0 Å². The van der Waals surface area contributed by atoms with E-state index in [9.17, 15) is 18.8 Å². The molecule has 0 saturated heterocycles. The summed E-state index contributed by atoms with van der Waals surface area (Å²) in [5, 5.41) is 28.8. The van der Waals surface area contributed by atoms with Crippen LogP contribution in [-0.2, 0) is 14.5 Å². The Balaban J connectivity index is 0.00000242. The van der Waals surface area contributed by atoms with E-state index in [1.807, 2.05) is 0 Å². The number of hydrogen-bond acceptors (Lipinski definition) is 6. The Hall–Kier alpha value is -1.35. The molecule has 8 heteroatoms. The van der Waals surface area contributed by atoms with Gasteiger partial charge in [-0.2, -0.15) is 8.42 Å². The van der Waals surface area contributed by atoms with Gasteiger partial charge in [0, 0.05) is 6.07 Å². The molecule has 110 valence electrons. The fourth-order valence-electron chi connectivity index (χ4n) is 1.66. The molecule has 0 aliphatic carbocycles. The first-order valence-electron chi connectivity index (χ1n) is 5.78. The molecule has 0 bridgehead atoms. The van der Waals surface area contributed by atoms with Crippen molar-refractivity contribution in [3.63, 3.8) is 0 Å². The number of phenols is 2. The van der Waals surface area contributed by atoms with Gasteiger partial charge in [-0.05, 0) is 35.4 Å². The number of benzene rings is 2. The van der Waals surface area contributed by atoms with Crippen LogP contribution in [0.15, 0.2) is 47.4 Å². The molecule has 2 N–H and O–H groups in total. The fraction of sp³-hybridized carbons (Fsp3) is 0. The molecule has 0 spiro atoms. The summed E-state index contributed by atoms with van der Waals surface area (Å²) < 4.78 is 25.8. The quantitative estimate of drug-likeness (QED) is 0.298. The van der Waals surface area contributed by atoms with Crippen molar-refractivity contribution in [1.82, 2.24) is 0 Å². The minimum Gasteiger partial charge on any atom is -0.707 e. The van der Waals surface area contributed by atoms with Crippen LogP contribution in [0.3, 0.4) is 0 Å². The van der Waals surface area contributed by atoms with Gasteiger partial charge in [-0.25, -0.2) is 0 Å². The molecule has 2 aromatic carbocycles. The van der Waals surface area contributed by atoms with E-state index in [1.54, 1.807) is 24.3 Å². The second-order valence-electron chi connectivity index (χ2n) is 4.21. The molecule has 0 aliphatic rings. The summed E-state index contributed by atoms with van der Waals surface area (Å²) in [6.07, 6.45) is 3.21. The van der Waals surface area contributed by atoms with Crippen molar-refractivity contribution in [2.24, 2.45) is 0 Å². The van der Waals surface area contributed by atoms with E-state index in [4.69, 9.17) is 5.11 Å². The van der Waals surface area contributed by atoms with Gasteiger partial charge >= 0.3 is 29.6 Å². The van der Waals surface area contributed by atoms with Crippen LogP contribution in [0.5, 0.6) is 11.5 Å². The number of rotatable bonds is 4. The summed E-state index contributed by atoms with van der Waals surface area (Å²) >= 11 is 0. The van der Waals surface area contributed by atoms with Crippen LogP contribution in [0.1, 0.15) is 11.1 Å². The molecule has 0 aromatic heterocycles. The van der Waals surface area contributed by atoms with Crippen LogP contribution in [0.25, 0.3) is 12.2 Å². The molecule has 0 amide bonds. The van der Waals surface area contributed by atoms with E-state index in [-0.39, 0.29) is 41.1 Å². The zero-order valence-corrected chi connectivity index (χ0v) is 14.4. The molecule has 0 aliphatic heterocycles. The van der Waals surface area contributed by atoms with E-state index in [0.29, 0.717) is 5.56 Å². The van der Waals surface area contributed by atoms with Crippen LogP contribution in [0.2, 0.25) is 0 Å². The van der Waals surface area contributed by atoms with E-state index < -0.39 is 15.0 Å². The smallest absolute Gasteiger partial charge is 0.707 e. The Morgan fingerprint density at radius 1 is 0.909 bits per heavy atom. The Morgan fingerprint density at radius 2 is 1.50 bits per heavy atom. The van der Waals surface area contributed by atoms with Gasteiger partial charge in [0.15, 0.2) is 0 Å². The number of phenolic OH excluding ortho intramolecular Hbond substituents is 2. The van der Waals surface area contributed by atoms with Gasteiger partial charge in [-0.1, -0.05) is 24.3 Å². The summed E-state index contributed by atoms with van der Waals surface area (Å²) in [5.74, 6) is -0.177. The van der Waals surface area contributed by atoms with Gasteiger partial charge in [0.2, 0.25) is 0 Å². The van der Waals surface area contributed by atoms with Crippen molar-refractivity contribution in [3.05, 3.63) is 53.6 Å². The van der Waals surface area contributed by atoms with E-state index in [0.717, 1.165) is 11.6 Å².